The number of aliphatic carboxylic acids is 1. The van der Waals surface area contributed by atoms with E-state index in [0.717, 1.165) is 38.4 Å². The van der Waals surface area contributed by atoms with Crippen LogP contribution in [0.25, 0.3) is 0 Å². The van der Waals surface area contributed by atoms with Crippen LogP contribution in [0.15, 0.2) is 0 Å². The molecule has 1 aliphatic heterocycles. The summed E-state index contributed by atoms with van der Waals surface area (Å²) < 4.78 is 0. The molecule has 0 aromatic rings. The van der Waals surface area contributed by atoms with Crippen LogP contribution in [0.4, 0.5) is 0 Å². The third-order valence-corrected chi connectivity index (χ3v) is 3.07. The Hall–Kier alpha value is -0.570. The van der Waals surface area contributed by atoms with Gasteiger partial charge < -0.3 is 10.0 Å². The van der Waals surface area contributed by atoms with E-state index >= 15 is 0 Å². The lowest BCUT2D eigenvalue weighted by molar-refractivity contribution is -0.143. The second-order valence-corrected chi connectivity index (χ2v) is 4.38. The largest absolute Gasteiger partial charge is 0.481 e. The van der Waals surface area contributed by atoms with Crippen LogP contribution in [0, 0.1) is 11.8 Å². The molecule has 2 fully saturated rings. The third kappa shape index (κ3) is 2.44. The number of rotatable bonds is 3. The van der Waals surface area contributed by atoms with E-state index in [1.807, 2.05) is 0 Å². The lowest BCUT2D eigenvalue weighted by atomic mass is 9.98. The molecule has 1 saturated heterocycles. The van der Waals surface area contributed by atoms with Crippen LogP contribution in [-0.2, 0) is 4.79 Å². The van der Waals surface area contributed by atoms with Crippen LogP contribution in [0.2, 0.25) is 0 Å². The van der Waals surface area contributed by atoms with Crippen LogP contribution in [0.5, 0.6) is 0 Å². The van der Waals surface area contributed by atoms with E-state index in [-0.39, 0.29) is 5.92 Å². The first-order valence-corrected chi connectivity index (χ1v) is 5.21. The van der Waals surface area contributed by atoms with E-state index in [2.05, 4.69) is 4.90 Å². The van der Waals surface area contributed by atoms with Crippen molar-refractivity contribution in [3.05, 3.63) is 0 Å². The molecule has 1 saturated carbocycles. The van der Waals surface area contributed by atoms with Gasteiger partial charge in [-0.2, -0.15) is 0 Å². The summed E-state index contributed by atoms with van der Waals surface area (Å²) in [6.07, 6.45) is 4.64. The molecule has 1 atom stereocenters. The Morgan fingerprint density at radius 2 is 2.15 bits per heavy atom. The average molecular weight is 183 g/mol. The fraction of sp³-hybridized carbons (Fsp3) is 0.900. The number of likely N-dealkylation sites (tertiary alicyclic amines) is 1. The highest BCUT2D eigenvalue weighted by Gasteiger charge is 2.29. The molecule has 1 aliphatic carbocycles. The summed E-state index contributed by atoms with van der Waals surface area (Å²) in [4.78, 5) is 13.1. The highest BCUT2D eigenvalue weighted by molar-refractivity contribution is 5.70. The van der Waals surface area contributed by atoms with Crippen molar-refractivity contribution in [1.82, 2.24) is 4.90 Å². The van der Waals surface area contributed by atoms with E-state index in [0.29, 0.717) is 0 Å². The standard InChI is InChI=1S/C10H17NO2/c12-10(13)9-2-1-5-11(7-9)6-8-3-4-8/h8-9H,1-7H2,(H,12,13)/t9-/m1/s1. The van der Waals surface area contributed by atoms with Crippen molar-refractivity contribution in [2.75, 3.05) is 19.6 Å². The third-order valence-electron chi connectivity index (χ3n) is 3.07. The summed E-state index contributed by atoms with van der Waals surface area (Å²) >= 11 is 0. The van der Waals surface area contributed by atoms with Crippen LogP contribution >= 0.6 is 0 Å². The molecule has 0 bridgehead atoms. The Balaban J connectivity index is 1.80. The van der Waals surface area contributed by atoms with E-state index in [4.69, 9.17) is 5.11 Å². The Bertz CT molecular complexity index is 201. The van der Waals surface area contributed by atoms with Gasteiger partial charge >= 0.3 is 5.97 Å². The van der Waals surface area contributed by atoms with Gasteiger partial charge in [0.1, 0.15) is 0 Å². The van der Waals surface area contributed by atoms with Gasteiger partial charge in [-0.1, -0.05) is 0 Å². The lowest BCUT2D eigenvalue weighted by Gasteiger charge is -2.30. The number of hydrogen-bond acceptors (Lipinski definition) is 2. The fourth-order valence-corrected chi connectivity index (χ4v) is 2.09. The van der Waals surface area contributed by atoms with Gasteiger partial charge in [-0.3, -0.25) is 4.79 Å². The molecule has 1 heterocycles. The lowest BCUT2D eigenvalue weighted by Crippen LogP contribution is -2.39. The number of carboxylic acid groups (broad SMARTS) is 1. The zero-order valence-corrected chi connectivity index (χ0v) is 7.91. The zero-order valence-electron chi connectivity index (χ0n) is 7.91. The van der Waals surface area contributed by atoms with Crippen molar-refractivity contribution >= 4 is 5.97 Å². The quantitative estimate of drug-likeness (QED) is 0.714. The van der Waals surface area contributed by atoms with Gasteiger partial charge in [0.25, 0.3) is 0 Å². The van der Waals surface area contributed by atoms with E-state index in [1.165, 1.54) is 12.8 Å². The predicted octanol–water partition coefficient (Wildman–Crippen LogP) is 1.19. The van der Waals surface area contributed by atoms with Gasteiger partial charge in [0.15, 0.2) is 0 Å². The van der Waals surface area contributed by atoms with Gasteiger partial charge in [-0.05, 0) is 38.1 Å². The predicted molar refractivity (Wildman–Crippen MR) is 49.5 cm³/mol. The summed E-state index contributed by atoms with van der Waals surface area (Å²) in [6, 6.07) is 0. The van der Waals surface area contributed by atoms with Crippen molar-refractivity contribution < 1.29 is 9.90 Å². The smallest absolute Gasteiger partial charge is 0.307 e. The highest BCUT2D eigenvalue weighted by atomic mass is 16.4. The number of piperidine rings is 1. The van der Waals surface area contributed by atoms with Crippen LogP contribution in [0.1, 0.15) is 25.7 Å². The Labute approximate surface area is 78.7 Å². The minimum Gasteiger partial charge on any atom is -0.481 e. The molecular weight excluding hydrogens is 166 g/mol. The van der Waals surface area contributed by atoms with Gasteiger partial charge in [-0.25, -0.2) is 0 Å². The molecule has 0 spiro atoms. The van der Waals surface area contributed by atoms with Crippen molar-refractivity contribution in [2.24, 2.45) is 11.8 Å². The molecule has 13 heavy (non-hydrogen) atoms. The molecule has 3 nitrogen and oxygen atoms in total. The number of carbonyl (C=O) groups is 1. The van der Waals surface area contributed by atoms with Gasteiger partial charge in [0.05, 0.1) is 5.92 Å². The van der Waals surface area contributed by atoms with Crippen molar-refractivity contribution in [3.63, 3.8) is 0 Å². The van der Waals surface area contributed by atoms with Gasteiger partial charge in [-0.15, -0.1) is 0 Å². The normalized spacial score (nSPS) is 30.3. The molecule has 2 rings (SSSR count). The molecule has 0 radical (unpaired) electrons. The number of carboxylic acids is 1. The number of hydrogen-bond donors (Lipinski definition) is 1. The summed E-state index contributed by atoms with van der Waals surface area (Å²) in [7, 11) is 0. The highest BCUT2D eigenvalue weighted by Crippen LogP contribution is 2.31. The minimum absolute atomic E-state index is 0.104. The molecule has 0 aromatic heterocycles. The first-order valence-electron chi connectivity index (χ1n) is 5.21. The monoisotopic (exact) mass is 183 g/mol. The van der Waals surface area contributed by atoms with Crippen molar-refractivity contribution in [2.45, 2.75) is 25.7 Å². The topological polar surface area (TPSA) is 40.5 Å². The molecule has 0 unspecified atom stereocenters. The molecule has 74 valence electrons. The maximum atomic E-state index is 10.8. The summed E-state index contributed by atoms with van der Waals surface area (Å²) in [5.74, 6) is 0.167. The Morgan fingerprint density at radius 3 is 2.77 bits per heavy atom. The SMILES string of the molecule is O=C(O)[C@@H]1CCCN(CC2CC2)C1. The Morgan fingerprint density at radius 1 is 1.38 bits per heavy atom. The van der Waals surface area contributed by atoms with Crippen molar-refractivity contribution in [3.8, 4) is 0 Å². The first-order chi connectivity index (χ1) is 6.25. The van der Waals surface area contributed by atoms with Gasteiger partial charge in [0, 0.05) is 13.1 Å². The molecule has 1 N–H and O–H groups in total. The fourth-order valence-electron chi connectivity index (χ4n) is 2.09. The average Bonchev–Trinajstić information content (AvgIpc) is 2.89. The van der Waals surface area contributed by atoms with E-state index < -0.39 is 5.97 Å². The summed E-state index contributed by atoms with van der Waals surface area (Å²) in [6.45, 7) is 3.04. The maximum Gasteiger partial charge on any atom is 0.307 e. The van der Waals surface area contributed by atoms with Crippen molar-refractivity contribution in [1.29, 1.82) is 0 Å². The minimum atomic E-state index is -0.611. The molecule has 0 aromatic carbocycles. The second-order valence-electron chi connectivity index (χ2n) is 4.38. The Kier molecular flexibility index (Phi) is 2.54. The second kappa shape index (κ2) is 3.66. The first kappa shape index (κ1) is 9.00. The molecule has 2 aliphatic rings. The summed E-state index contributed by atoms with van der Waals surface area (Å²) in [5, 5.41) is 8.88. The molecule has 0 amide bonds. The number of nitrogens with zero attached hydrogens (tertiary/aromatic N) is 1. The molecular formula is C10H17NO2. The van der Waals surface area contributed by atoms with E-state index in [1.54, 1.807) is 0 Å². The van der Waals surface area contributed by atoms with E-state index in [9.17, 15) is 4.79 Å². The van der Waals surface area contributed by atoms with Gasteiger partial charge in [0.2, 0.25) is 0 Å². The zero-order chi connectivity index (χ0) is 9.26. The van der Waals surface area contributed by atoms with Crippen LogP contribution in [0.3, 0.4) is 0 Å². The molecule has 3 heteroatoms. The maximum absolute atomic E-state index is 10.8. The van der Waals surface area contributed by atoms with Crippen LogP contribution in [-0.4, -0.2) is 35.6 Å². The van der Waals surface area contributed by atoms with Crippen LogP contribution < -0.4 is 0 Å². The summed E-state index contributed by atoms with van der Waals surface area (Å²) in [5.41, 5.74) is 0.